The van der Waals surface area contributed by atoms with Gasteiger partial charge >= 0.3 is 0 Å². The number of piperidine rings is 1. The van der Waals surface area contributed by atoms with Crippen LogP contribution < -0.4 is 10.2 Å². The van der Waals surface area contributed by atoms with E-state index in [1.807, 2.05) is 24.3 Å². The van der Waals surface area contributed by atoms with E-state index in [0.717, 1.165) is 10.0 Å². The van der Waals surface area contributed by atoms with Gasteiger partial charge in [-0.2, -0.15) is 4.31 Å². The topological polar surface area (TPSA) is 142 Å². The second kappa shape index (κ2) is 11.8. The third-order valence-corrected chi connectivity index (χ3v) is 11.1. The first-order valence-corrected chi connectivity index (χ1v) is 17.0. The summed E-state index contributed by atoms with van der Waals surface area (Å²) in [6, 6.07) is 12.0. The van der Waals surface area contributed by atoms with E-state index in [0.29, 0.717) is 15.7 Å². The van der Waals surface area contributed by atoms with Gasteiger partial charge in [-0.1, -0.05) is 51.3 Å². The highest BCUT2D eigenvalue weighted by Crippen LogP contribution is 2.45. The number of nitrogens with one attached hydrogen (secondary N) is 1. The molecule has 0 unspecified atom stereocenters. The molecule has 3 aliphatic heterocycles. The van der Waals surface area contributed by atoms with Crippen molar-refractivity contribution in [1.29, 1.82) is 0 Å². The van der Waals surface area contributed by atoms with Crippen LogP contribution in [0.2, 0.25) is 10.0 Å². The molecule has 236 valence electrons. The highest BCUT2D eigenvalue weighted by atomic mass is 79.9. The fraction of sp³-hybridized carbons (Fsp3) is 0.345. The average Bonchev–Trinajstić information content (AvgIpc) is 3.51. The average molecular weight is 738 g/mol. The van der Waals surface area contributed by atoms with E-state index in [1.54, 1.807) is 19.1 Å². The number of imidazole rings is 1. The normalized spacial score (nSPS) is 21.3. The molecule has 16 heteroatoms. The number of carbonyl (C=O) groups is 4. The summed E-state index contributed by atoms with van der Waals surface area (Å²) in [6.45, 7) is 1.78. The number of piperazine rings is 1. The van der Waals surface area contributed by atoms with Gasteiger partial charge in [0.25, 0.3) is 15.9 Å². The largest absolute Gasteiger partial charge is 0.340 e. The molecule has 2 aromatic carbocycles. The van der Waals surface area contributed by atoms with Gasteiger partial charge in [0.2, 0.25) is 23.7 Å². The lowest BCUT2D eigenvalue weighted by molar-refractivity contribution is -0.146. The first-order chi connectivity index (χ1) is 21.3. The van der Waals surface area contributed by atoms with Crippen molar-refractivity contribution >= 4 is 84.4 Å². The van der Waals surface area contributed by atoms with Crippen molar-refractivity contribution < 1.29 is 27.6 Å². The van der Waals surface area contributed by atoms with Crippen molar-refractivity contribution in [1.82, 2.24) is 24.1 Å². The lowest BCUT2D eigenvalue weighted by Crippen LogP contribution is -2.54. The van der Waals surface area contributed by atoms with Gasteiger partial charge in [0.1, 0.15) is 5.54 Å². The Kier molecular flexibility index (Phi) is 8.31. The van der Waals surface area contributed by atoms with Crippen molar-refractivity contribution in [2.24, 2.45) is 5.92 Å². The molecule has 1 atom stereocenters. The molecule has 2 saturated heterocycles. The van der Waals surface area contributed by atoms with Gasteiger partial charge in [0.15, 0.2) is 5.03 Å². The zero-order valence-electron chi connectivity index (χ0n) is 23.9. The van der Waals surface area contributed by atoms with E-state index in [1.165, 1.54) is 30.9 Å². The summed E-state index contributed by atoms with van der Waals surface area (Å²) in [5.41, 5.74) is -0.261. The Morgan fingerprint density at radius 1 is 1.00 bits per heavy atom. The van der Waals surface area contributed by atoms with Crippen LogP contribution in [0.4, 0.5) is 11.6 Å². The Balaban J connectivity index is 1.33. The molecule has 4 amide bonds. The van der Waals surface area contributed by atoms with Gasteiger partial charge in [-0.25, -0.2) is 18.3 Å². The fourth-order valence-corrected chi connectivity index (χ4v) is 8.49. The van der Waals surface area contributed by atoms with Crippen LogP contribution in [0.5, 0.6) is 0 Å². The first-order valence-electron chi connectivity index (χ1n) is 14.0. The van der Waals surface area contributed by atoms with Crippen LogP contribution in [0, 0.1) is 5.92 Å². The number of benzene rings is 2. The summed E-state index contributed by atoms with van der Waals surface area (Å²) in [4.78, 5) is 58.2. The third kappa shape index (κ3) is 5.78. The van der Waals surface area contributed by atoms with Crippen LogP contribution in [0.15, 0.2) is 58.2 Å². The maximum Gasteiger partial charge on any atom is 0.260 e. The minimum Gasteiger partial charge on any atom is -0.340 e. The fourth-order valence-electron chi connectivity index (χ4n) is 6.10. The number of sulfonamides is 1. The van der Waals surface area contributed by atoms with Crippen molar-refractivity contribution in [3.63, 3.8) is 0 Å². The summed E-state index contributed by atoms with van der Waals surface area (Å²) < 4.78 is 32.0. The number of nitrogens with zero attached hydrogens (tertiary/aromatic N) is 5. The lowest BCUT2D eigenvalue weighted by atomic mass is 9.92. The van der Waals surface area contributed by atoms with Crippen LogP contribution in [0.3, 0.4) is 0 Å². The van der Waals surface area contributed by atoms with Crippen molar-refractivity contribution in [3.8, 4) is 0 Å². The monoisotopic (exact) mass is 736 g/mol. The number of hydrogen-bond donors (Lipinski definition) is 1. The molecular weight excluding hydrogens is 711 g/mol. The highest BCUT2D eigenvalue weighted by Gasteiger charge is 2.52. The van der Waals surface area contributed by atoms with Gasteiger partial charge in [-0.3, -0.25) is 29.1 Å². The maximum absolute atomic E-state index is 14.3. The van der Waals surface area contributed by atoms with Gasteiger partial charge < -0.3 is 4.90 Å². The Labute approximate surface area is 277 Å². The Morgan fingerprint density at radius 3 is 2.20 bits per heavy atom. The number of aromatic nitrogens is 2. The van der Waals surface area contributed by atoms with Crippen molar-refractivity contribution in [2.45, 2.75) is 36.8 Å². The van der Waals surface area contributed by atoms with Gasteiger partial charge in [-0.15, -0.1) is 0 Å². The van der Waals surface area contributed by atoms with Crippen LogP contribution in [0.1, 0.15) is 25.3 Å². The number of rotatable bonds is 6. The zero-order valence-corrected chi connectivity index (χ0v) is 27.8. The zero-order chi connectivity index (χ0) is 32.3. The van der Waals surface area contributed by atoms with E-state index in [9.17, 15) is 27.6 Å². The minimum absolute atomic E-state index is 0.0214. The third-order valence-electron chi connectivity index (χ3n) is 8.28. The molecule has 45 heavy (non-hydrogen) atoms. The summed E-state index contributed by atoms with van der Waals surface area (Å²) in [5, 5.41) is 2.61. The van der Waals surface area contributed by atoms with E-state index in [4.69, 9.17) is 23.2 Å². The van der Waals surface area contributed by atoms with E-state index >= 15 is 0 Å². The second-order valence-corrected chi connectivity index (χ2v) is 15.1. The smallest absolute Gasteiger partial charge is 0.260 e. The van der Waals surface area contributed by atoms with Gasteiger partial charge in [0, 0.05) is 60.0 Å². The molecule has 4 heterocycles. The van der Waals surface area contributed by atoms with Crippen molar-refractivity contribution in [3.05, 3.63) is 68.7 Å². The molecule has 1 N–H and O–H groups in total. The number of amides is 4. The van der Waals surface area contributed by atoms with E-state index < -0.39 is 39.2 Å². The Hall–Kier alpha value is -3.30. The predicted molar refractivity (Wildman–Crippen MR) is 169 cm³/mol. The molecule has 2 fully saturated rings. The van der Waals surface area contributed by atoms with Crippen LogP contribution >= 0.6 is 39.1 Å². The summed E-state index contributed by atoms with van der Waals surface area (Å²) in [7, 11) is -4.21. The van der Waals surface area contributed by atoms with Crippen LogP contribution in [-0.4, -0.2) is 77.0 Å². The lowest BCUT2D eigenvalue weighted by Gasteiger charge is -2.36. The summed E-state index contributed by atoms with van der Waals surface area (Å²) in [5.74, 6) is -2.45. The molecule has 0 aliphatic carbocycles. The Bertz CT molecular complexity index is 1810. The number of carbonyl (C=O) groups excluding carboxylic acids is 4. The molecule has 0 saturated carbocycles. The van der Waals surface area contributed by atoms with Gasteiger partial charge in [0.05, 0.1) is 17.8 Å². The number of imide groups is 1. The predicted octanol–water partition coefficient (Wildman–Crippen LogP) is 3.47. The molecule has 3 aliphatic rings. The van der Waals surface area contributed by atoms with Crippen LogP contribution in [-0.2, 0) is 41.2 Å². The highest BCUT2D eigenvalue weighted by molar-refractivity contribution is 9.10. The molecule has 1 aromatic heterocycles. The standard InChI is InChI=1S/C29H27BrCl2N6O6S/c1-29(15-17-2-4-19(30)5-3-17)27(42)37(22-13-20(31)12-21(32)14-22)28-33-16-25(38(28)29)45(43,44)36-8-6-35(7-9-36)26(41)18-10-23(39)34-24(40)11-18/h2-5,12-14,16,18H,6-11,15H2,1H3,(H,34,39,40)/t29-/m1/s1. The molecule has 3 aromatic rings. The molecule has 6 rings (SSSR count). The van der Waals surface area contributed by atoms with Crippen molar-refractivity contribution in [2.75, 3.05) is 31.1 Å². The SMILES string of the molecule is C[C@@]1(Cc2ccc(Br)cc2)C(=O)N(c2cc(Cl)cc(Cl)c2)c2ncc(S(=O)(=O)N3CCN(C(=O)C4CC(=O)NC(=O)C4)CC3)n21. The number of hydrogen-bond acceptors (Lipinski definition) is 7. The molecule has 0 spiro atoms. The summed E-state index contributed by atoms with van der Waals surface area (Å²) >= 11 is 16.0. The maximum atomic E-state index is 14.3. The Morgan fingerprint density at radius 2 is 1.60 bits per heavy atom. The number of anilines is 2. The molecule has 0 bridgehead atoms. The molecular formula is C29H27BrCl2N6O6S. The number of halogens is 3. The minimum atomic E-state index is -4.21. The molecule has 12 nitrogen and oxygen atoms in total. The number of fused-ring (bicyclic) bond motifs is 1. The van der Waals surface area contributed by atoms with Gasteiger partial charge in [-0.05, 0) is 42.8 Å². The second-order valence-electron chi connectivity index (χ2n) is 11.4. The van der Waals surface area contributed by atoms with E-state index in [2.05, 4.69) is 26.2 Å². The van der Waals surface area contributed by atoms with Crippen LogP contribution in [0.25, 0.3) is 0 Å². The first kappa shape index (κ1) is 31.7. The van der Waals surface area contributed by atoms with E-state index in [-0.39, 0.29) is 62.3 Å². The molecule has 0 radical (unpaired) electrons. The quantitative estimate of drug-likeness (QED) is 0.382. The summed E-state index contributed by atoms with van der Waals surface area (Å²) in [6.07, 6.45) is 1.21.